The van der Waals surface area contributed by atoms with Crippen LogP contribution in [-0.4, -0.2) is 18.3 Å². The molecular formula is C10H21O2. The standard InChI is InChI=1S/C10H21O2/c1-5-7-9(3)12-8-10(4,11)6-2/h9H,5-8H2,1-4H3. The van der Waals surface area contributed by atoms with E-state index >= 15 is 0 Å². The van der Waals surface area contributed by atoms with Crippen LogP contribution in [0.15, 0.2) is 0 Å². The fourth-order valence-electron chi connectivity index (χ4n) is 0.910. The molecule has 0 aromatic heterocycles. The van der Waals surface area contributed by atoms with E-state index in [0.717, 1.165) is 12.8 Å². The molecule has 0 aliphatic rings. The number of ether oxygens (including phenoxy) is 1. The van der Waals surface area contributed by atoms with Crippen LogP contribution in [-0.2, 0) is 9.84 Å². The molecule has 0 aromatic carbocycles. The highest BCUT2D eigenvalue weighted by molar-refractivity contribution is 4.69. The Morgan fingerprint density at radius 1 is 1.42 bits per heavy atom. The van der Waals surface area contributed by atoms with Crippen LogP contribution in [0.1, 0.15) is 47.0 Å². The predicted molar refractivity (Wildman–Crippen MR) is 49.7 cm³/mol. The Hall–Kier alpha value is -0.0800. The summed E-state index contributed by atoms with van der Waals surface area (Å²) in [5.41, 5.74) is -0.901. The molecule has 0 amide bonds. The van der Waals surface area contributed by atoms with Crippen LogP contribution < -0.4 is 0 Å². The van der Waals surface area contributed by atoms with Gasteiger partial charge in [-0.3, -0.25) is 0 Å². The monoisotopic (exact) mass is 173 g/mol. The van der Waals surface area contributed by atoms with Crippen molar-refractivity contribution in [1.29, 1.82) is 0 Å². The van der Waals surface area contributed by atoms with Crippen LogP contribution in [0.3, 0.4) is 0 Å². The minimum atomic E-state index is -0.901. The first kappa shape index (κ1) is 11.9. The average molecular weight is 173 g/mol. The van der Waals surface area contributed by atoms with Crippen LogP contribution in [0.25, 0.3) is 0 Å². The molecule has 0 bridgehead atoms. The Morgan fingerprint density at radius 2 is 2.00 bits per heavy atom. The van der Waals surface area contributed by atoms with Crippen molar-refractivity contribution in [3.63, 3.8) is 0 Å². The largest absolute Gasteiger partial charge is 0.375 e. The van der Waals surface area contributed by atoms with E-state index < -0.39 is 5.60 Å². The summed E-state index contributed by atoms with van der Waals surface area (Å²) in [6.45, 7) is 8.09. The van der Waals surface area contributed by atoms with Crippen LogP contribution in [0.2, 0.25) is 0 Å². The summed E-state index contributed by atoms with van der Waals surface area (Å²) in [5.74, 6) is 0. The maximum Gasteiger partial charge on any atom is 0.124 e. The van der Waals surface area contributed by atoms with E-state index in [9.17, 15) is 5.11 Å². The quantitative estimate of drug-likeness (QED) is 0.607. The first-order valence-electron chi connectivity index (χ1n) is 4.84. The molecule has 73 valence electrons. The van der Waals surface area contributed by atoms with E-state index in [4.69, 9.17) is 4.74 Å². The predicted octanol–water partition coefficient (Wildman–Crippen LogP) is 2.79. The van der Waals surface area contributed by atoms with E-state index in [1.165, 1.54) is 0 Å². The van der Waals surface area contributed by atoms with Gasteiger partial charge in [-0.1, -0.05) is 20.3 Å². The van der Waals surface area contributed by atoms with Gasteiger partial charge in [-0.25, -0.2) is 5.11 Å². The van der Waals surface area contributed by atoms with Gasteiger partial charge in [0, 0.05) is 0 Å². The Balaban J connectivity index is 3.52. The van der Waals surface area contributed by atoms with Crippen molar-refractivity contribution in [3.8, 4) is 0 Å². The summed E-state index contributed by atoms with van der Waals surface area (Å²) in [7, 11) is 0. The van der Waals surface area contributed by atoms with Gasteiger partial charge in [-0.2, -0.15) is 0 Å². The Morgan fingerprint density at radius 3 is 2.42 bits per heavy atom. The first-order chi connectivity index (χ1) is 5.52. The molecule has 0 rings (SSSR count). The molecule has 0 heterocycles. The zero-order valence-electron chi connectivity index (χ0n) is 8.72. The lowest BCUT2D eigenvalue weighted by atomic mass is 10.1. The zero-order chi connectivity index (χ0) is 9.61. The van der Waals surface area contributed by atoms with Gasteiger partial charge < -0.3 is 4.74 Å². The average Bonchev–Trinajstić information content (AvgIpc) is 2.02. The molecule has 1 radical (unpaired) electrons. The van der Waals surface area contributed by atoms with Gasteiger partial charge in [0.1, 0.15) is 5.60 Å². The molecule has 2 atom stereocenters. The molecule has 12 heavy (non-hydrogen) atoms. The summed E-state index contributed by atoms with van der Waals surface area (Å²) in [5, 5.41) is 11.5. The van der Waals surface area contributed by atoms with Gasteiger partial charge >= 0.3 is 0 Å². The van der Waals surface area contributed by atoms with Gasteiger partial charge in [0.25, 0.3) is 0 Å². The van der Waals surface area contributed by atoms with Crippen molar-refractivity contribution >= 4 is 0 Å². The van der Waals surface area contributed by atoms with Gasteiger partial charge in [-0.15, -0.1) is 0 Å². The van der Waals surface area contributed by atoms with E-state index in [1.807, 2.05) is 13.8 Å². The summed E-state index contributed by atoms with van der Waals surface area (Å²) < 4.78 is 5.43. The van der Waals surface area contributed by atoms with Crippen LogP contribution in [0.5, 0.6) is 0 Å². The Kier molecular flexibility index (Phi) is 5.51. The highest BCUT2D eigenvalue weighted by atomic mass is 16.5. The zero-order valence-corrected chi connectivity index (χ0v) is 8.72. The molecule has 0 fully saturated rings. The third kappa shape index (κ3) is 5.56. The van der Waals surface area contributed by atoms with Gasteiger partial charge in [-0.05, 0) is 26.7 Å². The fraction of sp³-hybridized carbons (Fsp3) is 1.00. The third-order valence-electron chi connectivity index (χ3n) is 2.12. The van der Waals surface area contributed by atoms with Crippen LogP contribution >= 0.6 is 0 Å². The third-order valence-corrected chi connectivity index (χ3v) is 2.12. The summed E-state index contributed by atoms with van der Waals surface area (Å²) in [6.07, 6.45) is 3.02. The second-order valence-corrected chi connectivity index (χ2v) is 3.71. The molecule has 2 nitrogen and oxygen atoms in total. The maximum absolute atomic E-state index is 11.5. The highest BCUT2D eigenvalue weighted by Crippen LogP contribution is 2.12. The molecule has 0 saturated carbocycles. The van der Waals surface area contributed by atoms with Crippen molar-refractivity contribution in [2.24, 2.45) is 0 Å². The summed E-state index contributed by atoms with van der Waals surface area (Å²) in [4.78, 5) is 0. The van der Waals surface area contributed by atoms with Gasteiger partial charge in [0.15, 0.2) is 0 Å². The smallest absolute Gasteiger partial charge is 0.124 e. The lowest BCUT2D eigenvalue weighted by Gasteiger charge is -2.21. The Bertz CT molecular complexity index is 110. The van der Waals surface area contributed by atoms with Crippen LogP contribution in [0, 0.1) is 0 Å². The van der Waals surface area contributed by atoms with Gasteiger partial charge in [0.2, 0.25) is 0 Å². The van der Waals surface area contributed by atoms with E-state index in [-0.39, 0.29) is 6.10 Å². The number of hydrogen-bond donors (Lipinski definition) is 0. The number of hydrogen-bond acceptors (Lipinski definition) is 1. The molecule has 0 N–H and O–H groups in total. The highest BCUT2D eigenvalue weighted by Gasteiger charge is 2.21. The SMILES string of the molecule is CCCC(C)OCC(C)([O])CC. The fourth-order valence-corrected chi connectivity index (χ4v) is 0.910. The van der Waals surface area contributed by atoms with E-state index in [2.05, 4.69) is 6.92 Å². The van der Waals surface area contributed by atoms with Crippen molar-refractivity contribution in [3.05, 3.63) is 0 Å². The molecule has 0 saturated heterocycles. The van der Waals surface area contributed by atoms with Gasteiger partial charge in [0.05, 0.1) is 12.7 Å². The molecular weight excluding hydrogens is 152 g/mol. The van der Waals surface area contributed by atoms with Crippen molar-refractivity contribution in [2.45, 2.75) is 58.7 Å². The normalized spacial score (nSPS) is 18.8. The molecule has 0 aliphatic carbocycles. The maximum atomic E-state index is 11.5. The topological polar surface area (TPSA) is 29.1 Å². The number of rotatable bonds is 6. The molecule has 0 aliphatic heterocycles. The molecule has 0 spiro atoms. The van der Waals surface area contributed by atoms with Crippen molar-refractivity contribution < 1.29 is 9.84 Å². The molecule has 2 heteroatoms. The lowest BCUT2D eigenvalue weighted by molar-refractivity contribution is -0.0987. The minimum Gasteiger partial charge on any atom is -0.375 e. The summed E-state index contributed by atoms with van der Waals surface area (Å²) in [6, 6.07) is 0. The van der Waals surface area contributed by atoms with Crippen LogP contribution in [0.4, 0.5) is 0 Å². The lowest BCUT2D eigenvalue weighted by Crippen LogP contribution is -2.30. The summed E-state index contributed by atoms with van der Waals surface area (Å²) >= 11 is 0. The second kappa shape index (κ2) is 5.55. The van der Waals surface area contributed by atoms with Crippen molar-refractivity contribution in [1.82, 2.24) is 0 Å². The van der Waals surface area contributed by atoms with Crippen molar-refractivity contribution in [2.75, 3.05) is 6.61 Å². The first-order valence-corrected chi connectivity index (χ1v) is 4.84. The molecule has 2 unspecified atom stereocenters. The Labute approximate surface area is 75.9 Å². The second-order valence-electron chi connectivity index (χ2n) is 3.71. The van der Waals surface area contributed by atoms with E-state index in [0.29, 0.717) is 13.0 Å². The van der Waals surface area contributed by atoms with E-state index in [1.54, 1.807) is 6.92 Å². The minimum absolute atomic E-state index is 0.231. The molecule has 0 aromatic rings.